The first-order chi connectivity index (χ1) is 5.63. The summed E-state index contributed by atoms with van der Waals surface area (Å²) in [7, 11) is 0. The molecule has 0 aliphatic carbocycles. The van der Waals surface area contributed by atoms with E-state index >= 15 is 0 Å². The van der Waals surface area contributed by atoms with E-state index in [1.165, 1.54) is 4.90 Å². The van der Waals surface area contributed by atoms with Gasteiger partial charge in [-0.2, -0.15) is 0 Å². The average molecular weight is 253 g/mol. The van der Waals surface area contributed by atoms with Crippen LogP contribution in [0.4, 0.5) is 0 Å². The molecule has 0 spiro atoms. The van der Waals surface area contributed by atoms with Crippen LogP contribution in [0.2, 0.25) is 0 Å². The van der Waals surface area contributed by atoms with Crippen LogP contribution in [-0.2, 0) is 4.79 Å². The van der Waals surface area contributed by atoms with Gasteiger partial charge in [0.2, 0.25) is 0 Å². The summed E-state index contributed by atoms with van der Waals surface area (Å²) >= 11 is 21.7. The summed E-state index contributed by atoms with van der Waals surface area (Å²) in [4.78, 5) is 11.6. The van der Waals surface area contributed by atoms with Gasteiger partial charge in [0.1, 0.15) is 0 Å². The van der Waals surface area contributed by atoms with E-state index in [1.807, 2.05) is 0 Å². The van der Waals surface area contributed by atoms with Gasteiger partial charge >= 0.3 is 0 Å². The number of carbonyl (C=O) groups is 1. The maximum atomic E-state index is 11.2. The molecule has 0 rings (SSSR count). The normalized spacial score (nSPS) is 10.4. The molecule has 0 unspecified atom stereocenters. The Hall–Kier alpha value is 0.630. The monoisotopic (exact) mass is 251 g/mol. The topological polar surface area (TPSA) is 20.3 Å². The third kappa shape index (κ3) is 4.61. The summed E-state index contributed by atoms with van der Waals surface area (Å²) in [5.74, 6) is 0.353. The smallest absolute Gasteiger partial charge is 0.255 e. The fourth-order valence-corrected chi connectivity index (χ4v) is 1.36. The number of rotatable bonds is 5. The minimum atomic E-state index is -1.03. The quantitative estimate of drug-likeness (QED) is 0.687. The zero-order valence-electron chi connectivity index (χ0n) is 6.27. The number of halogens is 4. The first kappa shape index (κ1) is 12.6. The Bertz CT molecular complexity index is 136. The summed E-state index contributed by atoms with van der Waals surface area (Å²) in [5.41, 5.74) is 0. The molecule has 0 aliphatic rings. The van der Waals surface area contributed by atoms with Crippen molar-refractivity contribution in [2.45, 2.75) is 4.84 Å². The largest absolute Gasteiger partial charge is 0.338 e. The fourth-order valence-electron chi connectivity index (χ4n) is 0.674. The number of amides is 1. The fraction of sp³-hybridized carbons (Fsp3) is 0.833. The second-order valence-corrected chi connectivity index (χ2v) is 3.86. The Morgan fingerprint density at radius 3 is 1.83 bits per heavy atom. The highest BCUT2D eigenvalue weighted by Gasteiger charge is 2.18. The Labute approximate surface area is 91.7 Å². The molecule has 0 radical (unpaired) electrons. The predicted molar refractivity (Wildman–Crippen MR) is 53.5 cm³/mol. The first-order valence-corrected chi connectivity index (χ1v) is 5.26. The van der Waals surface area contributed by atoms with Crippen LogP contribution in [0.25, 0.3) is 0 Å². The van der Waals surface area contributed by atoms with Crippen molar-refractivity contribution in [3.05, 3.63) is 0 Å². The minimum Gasteiger partial charge on any atom is -0.338 e. The molecule has 0 saturated carbocycles. The van der Waals surface area contributed by atoms with E-state index in [-0.39, 0.29) is 5.91 Å². The van der Waals surface area contributed by atoms with Crippen molar-refractivity contribution >= 4 is 52.3 Å². The van der Waals surface area contributed by atoms with Crippen LogP contribution in [0.3, 0.4) is 0 Å². The van der Waals surface area contributed by atoms with Crippen LogP contribution in [-0.4, -0.2) is 40.5 Å². The Morgan fingerprint density at radius 2 is 1.58 bits per heavy atom. The third-order valence-electron chi connectivity index (χ3n) is 1.21. The molecule has 72 valence electrons. The van der Waals surface area contributed by atoms with Gasteiger partial charge in [0, 0.05) is 24.8 Å². The van der Waals surface area contributed by atoms with Crippen LogP contribution in [0.5, 0.6) is 0 Å². The van der Waals surface area contributed by atoms with E-state index in [0.717, 1.165) is 0 Å². The van der Waals surface area contributed by atoms with Gasteiger partial charge in [-0.25, -0.2) is 0 Å². The maximum absolute atomic E-state index is 11.2. The number of nitrogens with zero attached hydrogens (tertiary/aromatic N) is 1. The second kappa shape index (κ2) is 7.07. The molecule has 0 bridgehead atoms. The molecule has 0 heterocycles. The average Bonchev–Trinajstić information content (AvgIpc) is 2.03. The number of hydrogen-bond donors (Lipinski definition) is 0. The van der Waals surface area contributed by atoms with Gasteiger partial charge in [-0.1, -0.05) is 23.2 Å². The van der Waals surface area contributed by atoms with Gasteiger partial charge in [-0.05, 0) is 0 Å². The lowest BCUT2D eigenvalue weighted by Gasteiger charge is -2.20. The SMILES string of the molecule is O=C(C(Cl)Cl)N(CCCl)CCCl. The van der Waals surface area contributed by atoms with Crippen molar-refractivity contribution in [1.29, 1.82) is 0 Å². The summed E-state index contributed by atoms with van der Waals surface area (Å²) in [5, 5.41) is 0. The molecule has 0 aliphatic heterocycles. The maximum Gasteiger partial charge on any atom is 0.255 e. The van der Waals surface area contributed by atoms with Gasteiger partial charge < -0.3 is 4.90 Å². The number of carbonyl (C=O) groups excluding carboxylic acids is 1. The molecule has 0 aromatic carbocycles. The Kier molecular flexibility index (Phi) is 7.45. The lowest BCUT2D eigenvalue weighted by molar-refractivity contribution is -0.128. The number of hydrogen-bond acceptors (Lipinski definition) is 1. The first-order valence-electron chi connectivity index (χ1n) is 3.32. The standard InChI is InChI=1S/C6H9Cl4NO/c7-1-3-11(4-2-8)6(12)5(9)10/h5H,1-4H2. The molecule has 6 heteroatoms. The second-order valence-electron chi connectivity index (χ2n) is 2.00. The highest BCUT2D eigenvalue weighted by Crippen LogP contribution is 2.07. The minimum absolute atomic E-state index is 0.348. The van der Waals surface area contributed by atoms with E-state index in [0.29, 0.717) is 24.8 Å². The van der Waals surface area contributed by atoms with Gasteiger partial charge in [-0.3, -0.25) is 4.79 Å². The lowest BCUT2D eigenvalue weighted by atomic mass is 10.5. The Balaban J connectivity index is 3.99. The zero-order chi connectivity index (χ0) is 9.56. The van der Waals surface area contributed by atoms with Crippen molar-refractivity contribution in [3.8, 4) is 0 Å². The summed E-state index contributed by atoms with van der Waals surface area (Å²) in [6.07, 6.45) is 0. The molecule has 0 N–H and O–H groups in total. The van der Waals surface area contributed by atoms with Crippen LogP contribution in [0.15, 0.2) is 0 Å². The van der Waals surface area contributed by atoms with Gasteiger partial charge in [-0.15, -0.1) is 23.2 Å². The van der Waals surface area contributed by atoms with E-state index < -0.39 is 4.84 Å². The summed E-state index contributed by atoms with van der Waals surface area (Å²) in [6, 6.07) is 0. The molecule has 1 amide bonds. The lowest BCUT2D eigenvalue weighted by Crippen LogP contribution is -2.37. The van der Waals surface area contributed by atoms with Crippen LogP contribution in [0, 0.1) is 0 Å². The molecule has 0 aromatic heterocycles. The summed E-state index contributed by atoms with van der Waals surface area (Å²) < 4.78 is 0. The van der Waals surface area contributed by atoms with Crippen molar-refractivity contribution in [2.75, 3.05) is 24.8 Å². The van der Waals surface area contributed by atoms with Gasteiger partial charge in [0.25, 0.3) is 5.91 Å². The molecule has 0 fully saturated rings. The Morgan fingerprint density at radius 1 is 1.17 bits per heavy atom. The van der Waals surface area contributed by atoms with Crippen LogP contribution < -0.4 is 0 Å². The van der Waals surface area contributed by atoms with E-state index in [4.69, 9.17) is 46.4 Å². The van der Waals surface area contributed by atoms with E-state index in [1.54, 1.807) is 0 Å². The van der Waals surface area contributed by atoms with E-state index in [9.17, 15) is 4.79 Å². The molecule has 12 heavy (non-hydrogen) atoms. The van der Waals surface area contributed by atoms with Crippen LogP contribution >= 0.6 is 46.4 Å². The van der Waals surface area contributed by atoms with Gasteiger partial charge in [0.15, 0.2) is 4.84 Å². The zero-order valence-corrected chi connectivity index (χ0v) is 9.30. The molecule has 0 saturated heterocycles. The van der Waals surface area contributed by atoms with Crippen LogP contribution in [0.1, 0.15) is 0 Å². The third-order valence-corrected chi connectivity index (χ3v) is 1.92. The van der Waals surface area contributed by atoms with Gasteiger partial charge in [0.05, 0.1) is 0 Å². The highest BCUT2D eigenvalue weighted by molar-refractivity contribution is 6.53. The molecular weight excluding hydrogens is 244 g/mol. The molecule has 2 nitrogen and oxygen atoms in total. The van der Waals surface area contributed by atoms with Crippen molar-refractivity contribution < 1.29 is 4.79 Å². The molecule has 0 aromatic rings. The summed E-state index contributed by atoms with van der Waals surface area (Å²) in [6.45, 7) is 0.839. The molecule has 0 atom stereocenters. The van der Waals surface area contributed by atoms with E-state index in [2.05, 4.69) is 0 Å². The number of alkyl halides is 4. The highest BCUT2D eigenvalue weighted by atomic mass is 35.5. The van der Waals surface area contributed by atoms with Crippen molar-refractivity contribution in [2.24, 2.45) is 0 Å². The van der Waals surface area contributed by atoms with Crippen molar-refractivity contribution in [3.63, 3.8) is 0 Å². The van der Waals surface area contributed by atoms with Crippen molar-refractivity contribution in [1.82, 2.24) is 4.90 Å². The predicted octanol–water partition coefficient (Wildman–Crippen LogP) is 2.10. The molecular formula is C6H9Cl4NO.